The van der Waals surface area contributed by atoms with E-state index in [2.05, 4.69) is 50.1 Å². The van der Waals surface area contributed by atoms with Crippen LogP contribution in [0.4, 0.5) is 0 Å². The molecule has 1 saturated carbocycles. The average molecular weight is 263 g/mol. The van der Waals surface area contributed by atoms with E-state index < -0.39 is 0 Å². The lowest BCUT2D eigenvalue weighted by molar-refractivity contribution is 0.358. The van der Waals surface area contributed by atoms with E-state index in [9.17, 15) is 0 Å². The first-order chi connectivity index (χ1) is 9.19. The van der Waals surface area contributed by atoms with Gasteiger partial charge >= 0.3 is 0 Å². The van der Waals surface area contributed by atoms with Gasteiger partial charge in [-0.2, -0.15) is 5.10 Å². The normalized spacial score (nSPS) is 27.3. The molecule has 1 aliphatic carbocycles. The minimum Gasteiger partial charge on any atom is -0.317 e. The van der Waals surface area contributed by atoms with Gasteiger partial charge in [-0.05, 0) is 57.1 Å². The summed E-state index contributed by atoms with van der Waals surface area (Å²) < 4.78 is 2.17. The summed E-state index contributed by atoms with van der Waals surface area (Å²) in [7, 11) is 2.09. The number of nitrogens with zero attached hydrogens (tertiary/aromatic N) is 2. The van der Waals surface area contributed by atoms with Crippen LogP contribution in [0.25, 0.3) is 0 Å². The molecule has 3 atom stereocenters. The van der Waals surface area contributed by atoms with Crippen LogP contribution < -0.4 is 5.32 Å². The molecule has 3 unspecified atom stereocenters. The van der Waals surface area contributed by atoms with Crippen molar-refractivity contribution < 1.29 is 0 Å². The Bertz CT molecular complexity index is 381. The fourth-order valence-corrected chi connectivity index (χ4v) is 3.56. The zero-order valence-corrected chi connectivity index (χ0v) is 12.9. The Balaban J connectivity index is 1.97. The Morgan fingerprint density at radius 3 is 2.68 bits per heavy atom. The topological polar surface area (TPSA) is 29.9 Å². The summed E-state index contributed by atoms with van der Waals surface area (Å²) in [5, 5.41) is 8.24. The quantitative estimate of drug-likeness (QED) is 0.852. The van der Waals surface area contributed by atoms with Crippen LogP contribution in [0.3, 0.4) is 0 Å². The van der Waals surface area contributed by atoms with E-state index in [1.807, 2.05) is 0 Å². The molecule has 1 fully saturated rings. The zero-order valence-electron chi connectivity index (χ0n) is 12.9. The van der Waals surface area contributed by atoms with Crippen molar-refractivity contribution in [1.82, 2.24) is 15.1 Å². The minimum absolute atomic E-state index is 0.569. The molecule has 0 bridgehead atoms. The first kappa shape index (κ1) is 14.6. The van der Waals surface area contributed by atoms with Gasteiger partial charge in [0.05, 0.1) is 11.7 Å². The number of rotatable bonds is 6. The fraction of sp³-hybridized carbons (Fsp3) is 0.812. The Morgan fingerprint density at radius 1 is 1.37 bits per heavy atom. The molecule has 19 heavy (non-hydrogen) atoms. The Labute approximate surface area is 117 Å². The first-order valence-corrected chi connectivity index (χ1v) is 7.90. The predicted octanol–water partition coefficient (Wildman–Crippen LogP) is 3.42. The van der Waals surface area contributed by atoms with E-state index in [-0.39, 0.29) is 0 Å². The summed E-state index contributed by atoms with van der Waals surface area (Å²) in [6, 6.07) is 3.49. The van der Waals surface area contributed by atoms with E-state index in [1.54, 1.807) is 0 Å². The van der Waals surface area contributed by atoms with E-state index in [4.69, 9.17) is 5.10 Å². The van der Waals surface area contributed by atoms with Gasteiger partial charge in [0.2, 0.25) is 0 Å². The average Bonchev–Trinajstić information content (AvgIpc) is 3.00. The van der Waals surface area contributed by atoms with Crippen LogP contribution in [-0.2, 0) is 6.42 Å². The highest BCUT2D eigenvalue weighted by Crippen LogP contribution is 2.33. The maximum atomic E-state index is 4.80. The van der Waals surface area contributed by atoms with Gasteiger partial charge in [-0.15, -0.1) is 0 Å². The molecular formula is C16H29N3. The Morgan fingerprint density at radius 2 is 2.11 bits per heavy atom. The number of nitrogens with one attached hydrogen (secondary N) is 1. The van der Waals surface area contributed by atoms with Crippen LogP contribution in [0.2, 0.25) is 0 Å². The molecule has 0 spiro atoms. The Kier molecular flexibility index (Phi) is 5.03. The van der Waals surface area contributed by atoms with Crippen molar-refractivity contribution in [3.8, 4) is 0 Å². The predicted molar refractivity (Wildman–Crippen MR) is 80.3 cm³/mol. The number of aromatic nitrogens is 2. The first-order valence-electron chi connectivity index (χ1n) is 7.90. The van der Waals surface area contributed by atoms with E-state index in [1.165, 1.54) is 31.4 Å². The molecule has 1 N–H and O–H groups in total. The van der Waals surface area contributed by atoms with Crippen molar-refractivity contribution in [2.24, 2.45) is 11.8 Å². The van der Waals surface area contributed by atoms with E-state index in [0.717, 1.165) is 18.3 Å². The van der Waals surface area contributed by atoms with Crippen LogP contribution in [0.1, 0.15) is 58.2 Å². The van der Waals surface area contributed by atoms with Crippen molar-refractivity contribution in [2.75, 3.05) is 7.05 Å². The van der Waals surface area contributed by atoms with E-state index >= 15 is 0 Å². The summed E-state index contributed by atoms with van der Waals surface area (Å²) in [6.45, 7) is 6.87. The molecular weight excluding hydrogens is 234 g/mol. The third-order valence-corrected chi connectivity index (χ3v) is 5.05. The van der Waals surface area contributed by atoms with Crippen molar-refractivity contribution in [1.29, 1.82) is 0 Å². The summed E-state index contributed by atoms with van der Waals surface area (Å²) in [5.41, 5.74) is 1.28. The molecule has 3 nitrogen and oxygen atoms in total. The second-order valence-corrected chi connectivity index (χ2v) is 6.05. The SMILES string of the molecule is CCC(CC)n1ccc(CC2CCC(NC)C2C)n1. The largest absolute Gasteiger partial charge is 0.317 e. The maximum Gasteiger partial charge on any atom is 0.0627 e. The molecule has 3 heteroatoms. The lowest BCUT2D eigenvalue weighted by atomic mass is 9.91. The highest BCUT2D eigenvalue weighted by Gasteiger charge is 2.32. The van der Waals surface area contributed by atoms with Crippen LogP contribution in [0, 0.1) is 11.8 Å². The molecule has 0 radical (unpaired) electrons. The van der Waals surface area contributed by atoms with Gasteiger partial charge in [-0.25, -0.2) is 0 Å². The summed E-state index contributed by atoms with van der Waals surface area (Å²) >= 11 is 0. The molecule has 0 aromatic carbocycles. The van der Waals surface area contributed by atoms with Crippen molar-refractivity contribution in [3.05, 3.63) is 18.0 Å². The second kappa shape index (κ2) is 6.56. The molecule has 1 aromatic rings. The summed E-state index contributed by atoms with van der Waals surface area (Å²) in [5.74, 6) is 1.56. The monoisotopic (exact) mass is 263 g/mol. The van der Waals surface area contributed by atoms with Gasteiger partial charge in [0.25, 0.3) is 0 Å². The second-order valence-electron chi connectivity index (χ2n) is 6.05. The molecule has 0 saturated heterocycles. The van der Waals surface area contributed by atoms with Crippen LogP contribution in [0.5, 0.6) is 0 Å². The molecule has 1 aromatic heterocycles. The van der Waals surface area contributed by atoms with Crippen molar-refractivity contribution >= 4 is 0 Å². The molecule has 0 amide bonds. The molecule has 1 aliphatic rings. The smallest absolute Gasteiger partial charge is 0.0627 e. The van der Waals surface area contributed by atoms with Gasteiger partial charge in [0.1, 0.15) is 0 Å². The lowest BCUT2D eigenvalue weighted by Gasteiger charge is -2.19. The minimum atomic E-state index is 0.569. The molecule has 108 valence electrons. The summed E-state index contributed by atoms with van der Waals surface area (Å²) in [4.78, 5) is 0. The molecule has 1 heterocycles. The standard InChI is InChI=1S/C16H29N3/c1-5-15(6-2)19-10-9-14(18-19)11-13-7-8-16(17-4)12(13)3/h9-10,12-13,15-17H,5-8,11H2,1-4H3. The highest BCUT2D eigenvalue weighted by molar-refractivity contribution is 5.03. The van der Waals surface area contributed by atoms with Crippen molar-refractivity contribution in [2.45, 2.75) is 65.0 Å². The fourth-order valence-electron chi connectivity index (χ4n) is 3.56. The van der Waals surface area contributed by atoms with Crippen LogP contribution in [0.15, 0.2) is 12.3 Å². The van der Waals surface area contributed by atoms with Crippen molar-refractivity contribution in [3.63, 3.8) is 0 Å². The number of hydrogen-bond donors (Lipinski definition) is 1. The van der Waals surface area contributed by atoms with E-state index in [0.29, 0.717) is 12.1 Å². The van der Waals surface area contributed by atoms with Gasteiger partial charge < -0.3 is 5.32 Å². The maximum absolute atomic E-state index is 4.80. The van der Waals surface area contributed by atoms with Gasteiger partial charge in [0, 0.05) is 12.2 Å². The molecule has 0 aliphatic heterocycles. The summed E-state index contributed by atoms with van der Waals surface area (Å²) in [6.07, 6.45) is 8.30. The third-order valence-electron chi connectivity index (χ3n) is 5.05. The van der Waals surface area contributed by atoms with Crippen LogP contribution in [-0.4, -0.2) is 22.9 Å². The highest BCUT2D eigenvalue weighted by atomic mass is 15.3. The van der Waals surface area contributed by atoms with Gasteiger partial charge in [-0.3, -0.25) is 4.68 Å². The third kappa shape index (κ3) is 3.19. The van der Waals surface area contributed by atoms with Gasteiger partial charge in [-0.1, -0.05) is 20.8 Å². The van der Waals surface area contributed by atoms with Gasteiger partial charge in [0.15, 0.2) is 0 Å². The molecule has 2 rings (SSSR count). The lowest BCUT2D eigenvalue weighted by Crippen LogP contribution is -2.29. The number of hydrogen-bond acceptors (Lipinski definition) is 2. The zero-order chi connectivity index (χ0) is 13.8. The Hall–Kier alpha value is -0.830. The van der Waals surface area contributed by atoms with Crippen LogP contribution >= 0.6 is 0 Å².